The number of benzene rings is 1. The van der Waals surface area contributed by atoms with E-state index in [1.807, 2.05) is 19.1 Å². The Morgan fingerprint density at radius 2 is 1.83 bits per heavy atom. The van der Waals surface area contributed by atoms with E-state index in [0.29, 0.717) is 5.69 Å². The number of alkyl halides is 3. The molecule has 0 saturated carbocycles. The van der Waals surface area contributed by atoms with Crippen LogP contribution in [0, 0.1) is 6.92 Å². The Morgan fingerprint density at radius 1 is 1.08 bits per heavy atom. The summed E-state index contributed by atoms with van der Waals surface area (Å²) in [5.74, 6) is 0.0728. The van der Waals surface area contributed by atoms with Gasteiger partial charge in [0.25, 0.3) is 0 Å². The Bertz CT molecular complexity index is 888. The first-order chi connectivity index (χ1) is 11.2. The standard InChI is InChI=1S/C15H14F3N5S/c1-8-19-10-5-4-9(6-11(10)24-8)20-14-21-12(15(16,17)18)7-13(22-14)23(2)3/h4-7H,1-3H3,(H,20,21,22). The van der Waals surface area contributed by atoms with Crippen molar-refractivity contribution in [2.75, 3.05) is 24.3 Å². The topological polar surface area (TPSA) is 53.9 Å². The average molecular weight is 353 g/mol. The van der Waals surface area contributed by atoms with Gasteiger partial charge in [-0.05, 0) is 25.1 Å². The van der Waals surface area contributed by atoms with Crippen LogP contribution in [-0.2, 0) is 6.18 Å². The van der Waals surface area contributed by atoms with E-state index in [1.165, 1.54) is 16.2 Å². The summed E-state index contributed by atoms with van der Waals surface area (Å²) in [4.78, 5) is 13.5. The minimum atomic E-state index is -4.54. The zero-order chi connectivity index (χ0) is 17.5. The van der Waals surface area contributed by atoms with Crippen molar-refractivity contribution in [3.05, 3.63) is 35.0 Å². The van der Waals surface area contributed by atoms with Crippen molar-refractivity contribution in [1.29, 1.82) is 0 Å². The van der Waals surface area contributed by atoms with Crippen molar-refractivity contribution in [2.24, 2.45) is 0 Å². The van der Waals surface area contributed by atoms with Gasteiger partial charge in [-0.1, -0.05) is 0 Å². The van der Waals surface area contributed by atoms with Gasteiger partial charge in [-0.3, -0.25) is 0 Å². The van der Waals surface area contributed by atoms with Gasteiger partial charge in [0.2, 0.25) is 5.95 Å². The molecule has 0 saturated heterocycles. The molecule has 0 spiro atoms. The van der Waals surface area contributed by atoms with Crippen LogP contribution in [0.4, 0.5) is 30.6 Å². The van der Waals surface area contributed by atoms with Crippen molar-refractivity contribution in [2.45, 2.75) is 13.1 Å². The molecule has 1 N–H and O–H groups in total. The van der Waals surface area contributed by atoms with Gasteiger partial charge in [0, 0.05) is 25.8 Å². The van der Waals surface area contributed by atoms with Crippen LogP contribution >= 0.6 is 11.3 Å². The van der Waals surface area contributed by atoms with Gasteiger partial charge < -0.3 is 10.2 Å². The minimum absolute atomic E-state index is 0.103. The average Bonchev–Trinajstić information content (AvgIpc) is 2.85. The molecule has 3 rings (SSSR count). The fourth-order valence-corrected chi connectivity index (χ4v) is 2.98. The monoisotopic (exact) mass is 353 g/mol. The highest BCUT2D eigenvalue weighted by Gasteiger charge is 2.34. The summed E-state index contributed by atoms with van der Waals surface area (Å²) in [6.45, 7) is 1.90. The molecular formula is C15H14F3N5S. The predicted octanol–water partition coefficient (Wildman–Crippen LogP) is 4.22. The van der Waals surface area contributed by atoms with Crippen molar-refractivity contribution < 1.29 is 13.2 Å². The van der Waals surface area contributed by atoms with Crippen LogP contribution in [0.15, 0.2) is 24.3 Å². The van der Waals surface area contributed by atoms with Gasteiger partial charge in [0.15, 0.2) is 5.69 Å². The SMILES string of the molecule is Cc1nc2ccc(Nc3nc(N(C)C)cc(C(F)(F)F)n3)cc2s1. The van der Waals surface area contributed by atoms with Gasteiger partial charge in [-0.2, -0.15) is 18.2 Å². The normalized spacial score (nSPS) is 11.8. The number of rotatable bonds is 3. The number of fused-ring (bicyclic) bond motifs is 1. The van der Waals surface area contributed by atoms with Gasteiger partial charge in [0.05, 0.1) is 15.2 Å². The number of anilines is 3. The lowest BCUT2D eigenvalue weighted by Crippen LogP contribution is -2.16. The van der Waals surface area contributed by atoms with Crippen molar-refractivity contribution >= 4 is 39.0 Å². The summed E-state index contributed by atoms with van der Waals surface area (Å²) >= 11 is 1.51. The number of halogens is 3. The van der Waals surface area contributed by atoms with Crippen LogP contribution in [0.3, 0.4) is 0 Å². The molecule has 9 heteroatoms. The maximum Gasteiger partial charge on any atom is 0.433 e. The molecule has 3 aromatic rings. The minimum Gasteiger partial charge on any atom is -0.363 e. The first-order valence-corrected chi connectivity index (χ1v) is 7.82. The van der Waals surface area contributed by atoms with Crippen LogP contribution in [0.25, 0.3) is 10.2 Å². The summed E-state index contributed by atoms with van der Waals surface area (Å²) in [6.07, 6.45) is -4.54. The number of nitrogens with zero attached hydrogens (tertiary/aromatic N) is 4. The molecule has 5 nitrogen and oxygen atoms in total. The molecule has 126 valence electrons. The maximum absolute atomic E-state index is 13.0. The second-order valence-corrected chi connectivity index (χ2v) is 6.60. The lowest BCUT2D eigenvalue weighted by Gasteiger charge is -2.16. The maximum atomic E-state index is 13.0. The van der Waals surface area contributed by atoms with E-state index in [2.05, 4.69) is 20.3 Å². The Morgan fingerprint density at radius 3 is 2.50 bits per heavy atom. The quantitative estimate of drug-likeness (QED) is 0.764. The van der Waals surface area contributed by atoms with E-state index >= 15 is 0 Å². The van der Waals surface area contributed by atoms with E-state index in [1.54, 1.807) is 20.2 Å². The Labute approximate surface area is 140 Å². The third-order valence-corrected chi connectivity index (χ3v) is 4.15. The van der Waals surface area contributed by atoms with Gasteiger partial charge >= 0.3 is 6.18 Å². The molecule has 0 aliphatic heterocycles. The number of thiazole rings is 1. The molecule has 0 atom stereocenters. The van der Waals surface area contributed by atoms with Crippen LogP contribution in [0.5, 0.6) is 0 Å². The molecule has 0 radical (unpaired) electrons. The van der Waals surface area contributed by atoms with Crippen LogP contribution < -0.4 is 10.2 Å². The Balaban J connectivity index is 1.99. The van der Waals surface area contributed by atoms with Gasteiger partial charge in [-0.15, -0.1) is 11.3 Å². The molecule has 0 fully saturated rings. The number of aryl methyl sites for hydroxylation is 1. The van der Waals surface area contributed by atoms with E-state index < -0.39 is 11.9 Å². The number of hydrogen-bond acceptors (Lipinski definition) is 6. The first-order valence-electron chi connectivity index (χ1n) is 7.00. The number of nitrogens with one attached hydrogen (secondary N) is 1. The molecular weight excluding hydrogens is 339 g/mol. The van der Waals surface area contributed by atoms with E-state index in [9.17, 15) is 13.2 Å². The largest absolute Gasteiger partial charge is 0.433 e. The molecule has 0 aliphatic carbocycles. The summed E-state index contributed by atoms with van der Waals surface area (Å²) in [5, 5.41) is 3.77. The third-order valence-electron chi connectivity index (χ3n) is 3.21. The zero-order valence-electron chi connectivity index (χ0n) is 13.1. The Kier molecular flexibility index (Phi) is 4.04. The third kappa shape index (κ3) is 3.40. The second kappa shape index (κ2) is 5.90. The summed E-state index contributed by atoms with van der Waals surface area (Å²) in [5.41, 5.74) is 0.468. The Hall–Kier alpha value is -2.42. The molecule has 0 aliphatic rings. The zero-order valence-corrected chi connectivity index (χ0v) is 14.0. The molecule has 24 heavy (non-hydrogen) atoms. The highest BCUT2D eigenvalue weighted by Crippen LogP contribution is 2.31. The van der Waals surface area contributed by atoms with E-state index in [0.717, 1.165) is 21.3 Å². The molecule has 2 heterocycles. The summed E-state index contributed by atoms with van der Waals surface area (Å²) in [6, 6.07) is 6.28. The van der Waals surface area contributed by atoms with Crippen LogP contribution in [-0.4, -0.2) is 29.0 Å². The predicted molar refractivity (Wildman–Crippen MR) is 89.0 cm³/mol. The van der Waals surface area contributed by atoms with Crippen molar-refractivity contribution in [3.8, 4) is 0 Å². The lowest BCUT2D eigenvalue weighted by molar-refractivity contribution is -0.141. The number of aromatic nitrogens is 3. The fourth-order valence-electron chi connectivity index (χ4n) is 2.11. The van der Waals surface area contributed by atoms with Gasteiger partial charge in [-0.25, -0.2) is 9.97 Å². The first kappa shape index (κ1) is 16.4. The van der Waals surface area contributed by atoms with E-state index in [-0.39, 0.29) is 11.8 Å². The van der Waals surface area contributed by atoms with E-state index in [4.69, 9.17) is 0 Å². The molecule has 0 amide bonds. The van der Waals surface area contributed by atoms with Crippen LogP contribution in [0.1, 0.15) is 10.7 Å². The summed E-state index contributed by atoms with van der Waals surface area (Å²) in [7, 11) is 3.25. The molecule has 0 unspecified atom stereocenters. The highest BCUT2D eigenvalue weighted by atomic mass is 32.1. The molecule has 0 bridgehead atoms. The number of hydrogen-bond donors (Lipinski definition) is 1. The van der Waals surface area contributed by atoms with Crippen molar-refractivity contribution in [1.82, 2.24) is 15.0 Å². The fraction of sp³-hybridized carbons (Fsp3) is 0.267. The molecule has 1 aromatic carbocycles. The summed E-state index contributed by atoms with van der Waals surface area (Å²) < 4.78 is 40.0. The van der Waals surface area contributed by atoms with Crippen molar-refractivity contribution in [3.63, 3.8) is 0 Å². The second-order valence-electron chi connectivity index (χ2n) is 5.37. The lowest BCUT2D eigenvalue weighted by atomic mass is 10.3. The highest BCUT2D eigenvalue weighted by molar-refractivity contribution is 7.18. The molecule has 2 aromatic heterocycles. The smallest absolute Gasteiger partial charge is 0.363 e. The van der Waals surface area contributed by atoms with Gasteiger partial charge in [0.1, 0.15) is 5.82 Å². The van der Waals surface area contributed by atoms with Crippen LogP contribution in [0.2, 0.25) is 0 Å².